The maximum Gasteiger partial charge on any atom is 0.213 e. The van der Waals surface area contributed by atoms with Crippen LogP contribution in [0.4, 0.5) is 0 Å². The normalized spacial score (nSPS) is 10.9. The van der Waals surface area contributed by atoms with E-state index >= 15 is 0 Å². The van der Waals surface area contributed by atoms with E-state index in [0.29, 0.717) is 0 Å². The van der Waals surface area contributed by atoms with Crippen LogP contribution in [-0.4, -0.2) is 40.5 Å². The molecule has 0 aliphatic carbocycles. The van der Waals surface area contributed by atoms with Gasteiger partial charge in [-0.15, -0.1) is 5.10 Å². The zero-order valence-electron chi connectivity index (χ0n) is 12.0. The van der Waals surface area contributed by atoms with Crippen LogP contribution in [0.1, 0.15) is 11.1 Å². The molecule has 6 nitrogen and oxygen atoms in total. The molecule has 0 fully saturated rings. The summed E-state index contributed by atoms with van der Waals surface area (Å²) in [6.45, 7) is 4.54. The average molecular weight is 293 g/mol. The average Bonchev–Trinajstić information content (AvgIpc) is 2.83. The molecule has 1 aromatic carbocycles. The lowest BCUT2D eigenvalue weighted by Gasteiger charge is -2.08. The number of benzene rings is 1. The van der Waals surface area contributed by atoms with Crippen LogP contribution in [0.15, 0.2) is 28.3 Å². The summed E-state index contributed by atoms with van der Waals surface area (Å²) in [6.07, 6.45) is 0. The van der Waals surface area contributed by atoms with E-state index in [4.69, 9.17) is 4.74 Å². The fraction of sp³-hybridized carbons (Fsp3) is 0.462. The van der Waals surface area contributed by atoms with Gasteiger partial charge in [-0.05, 0) is 46.3 Å². The molecule has 0 amide bonds. The molecule has 1 heterocycles. The van der Waals surface area contributed by atoms with Crippen molar-refractivity contribution in [3.8, 4) is 0 Å². The largest absolute Gasteiger partial charge is 0.383 e. The molecule has 7 heteroatoms. The number of methoxy groups -OCH3 is 1. The van der Waals surface area contributed by atoms with Crippen LogP contribution in [0.25, 0.3) is 0 Å². The standard InChI is InChI=1S/C13H19N5OS/c1-10-8-11(9-14-6-7-19-3)4-5-12(10)20-13-15-16-17-18(13)2/h4-5,8,14H,6-7,9H2,1-3H3. The van der Waals surface area contributed by atoms with Gasteiger partial charge < -0.3 is 10.1 Å². The van der Waals surface area contributed by atoms with E-state index in [9.17, 15) is 0 Å². The monoisotopic (exact) mass is 293 g/mol. The van der Waals surface area contributed by atoms with E-state index in [1.54, 1.807) is 23.6 Å². The van der Waals surface area contributed by atoms with E-state index < -0.39 is 0 Å². The lowest BCUT2D eigenvalue weighted by atomic mass is 10.1. The van der Waals surface area contributed by atoms with Crippen LogP contribution in [0.5, 0.6) is 0 Å². The van der Waals surface area contributed by atoms with E-state index in [-0.39, 0.29) is 0 Å². The molecule has 20 heavy (non-hydrogen) atoms. The van der Waals surface area contributed by atoms with Crippen LogP contribution in [0.3, 0.4) is 0 Å². The summed E-state index contributed by atoms with van der Waals surface area (Å²) in [5.74, 6) is 0. The van der Waals surface area contributed by atoms with E-state index in [1.165, 1.54) is 16.0 Å². The Hall–Kier alpha value is -1.44. The van der Waals surface area contributed by atoms with Gasteiger partial charge in [0.05, 0.1) is 6.61 Å². The second-order valence-corrected chi connectivity index (χ2v) is 5.47. The summed E-state index contributed by atoms with van der Waals surface area (Å²) < 4.78 is 6.68. The van der Waals surface area contributed by atoms with Crippen molar-refractivity contribution < 1.29 is 4.74 Å². The van der Waals surface area contributed by atoms with Gasteiger partial charge in [-0.25, -0.2) is 4.68 Å². The van der Waals surface area contributed by atoms with Crippen molar-refractivity contribution in [3.05, 3.63) is 29.3 Å². The molecule has 0 saturated carbocycles. The highest BCUT2D eigenvalue weighted by Gasteiger charge is 2.07. The van der Waals surface area contributed by atoms with Crippen LogP contribution in [0.2, 0.25) is 0 Å². The number of hydrogen-bond acceptors (Lipinski definition) is 6. The minimum absolute atomic E-state index is 0.728. The lowest BCUT2D eigenvalue weighted by molar-refractivity contribution is 0.199. The summed E-state index contributed by atoms with van der Waals surface area (Å²) >= 11 is 1.57. The van der Waals surface area contributed by atoms with E-state index in [0.717, 1.165) is 24.9 Å². The third-order valence-corrected chi connectivity index (χ3v) is 4.04. The van der Waals surface area contributed by atoms with E-state index in [2.05, 4.69) is 46.0 Å². The highest BCUT2D eigenvalue weighted by molar-refractivity contribution is 7.99. The van der Waals surface area contributed by atoms with Gasteiger partial charge >= 0.3 is 0 Å². The van der Waals surface area contributed by atoms with Crippen molar-refractivity contribution in [2.45, 2.75) is 23.5 Å². The number of aromatic nitrogens is 4. The number of ether oxygens (including phenoxy) is 1. The molecule has 1 N–H and O–H groups in total. The summed E-state index contributed by atoms with van der Waals surface area (Å²) in [5, 5.41) is 15.6. The first-order chi connectivity index (χ1) is 9.70. The third-order valence-electron chi connectivity index (χ3n) is 2.83. The van der Waals surface area contributed by atoms with Crippen molar-refractivity contribution in [1.82, 2.24) is 25.5 Å². The van der Waals surface area contributed by atoms with Gasteiger partial charge in [0.1, 0.15) is 0 Å². The summed E-state index contributed by atoms with van der Waals surface area (Å²) in [5.41, 5.74) is 2.49. The highest BCUT2D eigenvalue weighted by atomic mass is 32.2. The summed E-state index contributed by atoms with van der Waals surface area (Å²) in [4.78, 5) is 1.17. The lowest BCUT2D eigenvalue weighted by Crippen LogP contribution is -2.18. The minimum atomic E-state index is 0.728. The maximum atomic E-state index is 5.01. The number of hydrogen-bond donors (Lipinski definition) is 1. The van der Waals surface area contributed by atoms with Gasteiger partial charge in [-0.3, -0.25) is 0 Å². The second kappa shape index (κ2) is 7.37. The smallest absolute Gasteiger partial charge is 0.213 e. The maximum absolute atomic E-state index is 5.01. The molecule has 0 unspecified atom stereocenters. The predicted octanol–water partition coefficient (Wildman–Crippen LogP) is 1.41. The molecule has 0 saturated heterocycles. The Morgan fingerprint density at radius 1 is 1.40 bits per heavy atom. The number of aryl methyl sites for hydroxylation is 2. The highest BCUT2D eigenvalue weighted by Crippen LogP contribution is 2.28. The Morgan fingerprint density at radius 3 is 2.90 bits per heavy atom. The van der Waals surface area contributed by atoms with Crippen molar-refractivity contribution in [1.29, 1.82) is 0 Å². The Kier molecular flexibility index (Phi) is 5.51. The molecule has 2 rings (SSSR count). The Morgan fingerprint density at radius 2 is 2.25 bits per heavy atom. The molecule has 0 bridgehead atoms. The van der Waals surface area contributed by atoms with Crippen LogP contribution >= 0.6 is 11.8 Å². The number of tetrazole rings is 1. The predicted molar refractivity (Wildman–Crippen MR) is 77.7 cm³/mol. The molecule has 0 aliphatic heterocycles. The van der Waals surface area contributed by atoms with Gasteiger partial charge in [0, 0.05) is 32.1 Å². The molecule has 0 aliphatic rings. The first kappa shape index (κ1) is 15.0. The van der Waals surface area contributed by atoms with Crippen molar-refractivity contribution >= 4 is 11.8 Å². The molecule has 0 spiro atoms. The van der Waals surface area contributed by atoms with Gasteiger partial charge in [-0.2, -0.15) is 0 Å². The molecule has 108 valence electrons. The number of rotatable bonds is 7. The van der Waals surface area contributed by atoms with Crippen LogP contribution < -0.4 is 5.32 Å². The molecular weight excluding hydrogens is 274 g/mol. The van der Waals surface area contributed by atoms with Crippen LogP contribution in [-0.2, 0) is 18.3 Å². The topological polar surface area (TPSA) is 64.9 Å². The minimum Gasteiger partial charge on any atom is -0.383 e. The number of nitrogens with one attached hydrogen (secondary N) is 1. The quantitative estimate of drug-likeness (QED) is 0.779. The van der Waals surface area contributed by atoms with Crippen molar-refractivity contribution in [2.24, 2.45) is 7.05 Å². The van der Waals surface area contributed by atoms with Crippen molar-refractivity contribution in [2.75, 3.05) is 20.3 Å². The van der Waals surface area contributed by atoms with Gasteiger partial charge in [0.25, 0.3) is 0 Å². The Balaban J connectivity index is 1.97. The van der Waals surface area contributed by atoms with Crippen molar-refractivity contribution in [3.63, 3.8) is 0 Å². The second-order valence-electron chi connectivity index (χ2n) is 4.46. The Bertz CT molecular complexity index is 557. The van der Waals surface area contributed by atoms with Gasteiger partial charge in [-0.1, -0.05) is 12.1 Å². The first-order valence-electron chi connectivity index (χ1n) is 6.40. The number of nitrogens with zero attached hydrogens (tertiary/aromatic N) is 4. The molecule has 0 atom stereocenters. The molecule has 1 aromatic heterocycles. The zero-order valence-corrected chi connectivity index (χ0v) is 12.8. The fourth-order valence-electron chi connectivity index (χ4n) is 1.75. The molecule has 2 aromatic rings. The SMILES string of the molecule is COCCNCc1ccc(Sc2nnnn2C)c(C)c1. The Labute approximate surface area is 122 Å². The summed E-state index contributed by atoms with van der Waals surface area (Å²) in [7, 11) is 3.55. The van der Waals surface area contributed by atoms with Crippen LogP contribution in [0, 0.1) is 6.92 Å². The molecule has 0 radical (unpaired) electrons. The third kappa shape index (κ3) is 4.03. The first-order valence-corrected chi connectivity index (χ1v) is 7.21. The van der Waals surface area contributed by atoms with Gasteiger partial charge in [0.2, 0.25) is 5.16 Å². The molecular formula is C13H19N5OS. The van der Waals surface area contributed by atoms with Gasteiger partial charge in [0.15, 0.2) is 0 Å². The summed E-state index contributed by atoms with van der Waals surface area (Å²) in [6, 6.07) is 6.42. The van der Waals surface area contributed by atoms with E-state index in [1.807, 2.05) is 7.05 Å². The fourth-order valence-corrected chi connectivity index (χ4v) is 2.55. The zero-order chi connectivity index (χ0) is 14.4.